The number of hydrogen-bond acceptors (Lipinski definition) is 3. The van der Waals surface area contributed by atoms with Crippen molar-refractivity contribution in [3.8, 4) is 11.5 Å². The first kappa shape index (κ1) is 23.1. The van der Waals surface area contributed by atoms with Gasteiger partial charge in [-0.1, -0.05) is 43.8 Å². The summed E-state index contributed by atoms with van der Waals surface area (Å²) in [6.07, 6.45) is 2.51. The fraction of sp³-hybridized carbons (Fsp3) is 0.407. The quantitative estimate of drug-likeness (QED) is 0.285. The summed E-state index contributed by atoms with van der Waals surface area (Å²) in [5, 5.41) is 2.19. The summed E-state index contributed by atoms with van der Waals surface area (Å²) < 4.78 is 5.67. The standard InChI is InChI=1S/C27H33N3O2Si/c1-8-19-16-23(19)30(26(31)32-27(2,3)4)17-24-28-22-12-10-20-15-18(13-14-33(5,6)7)9-11-21(20)25(22)29-24/h8-12,15,19,23H,1,16-17H2,2-7H3,(H,28,29). The Balaban J connectivity index is 1.64. The lowest BCUT2D eigenvalue weighted by Crippen LogP contribution is -2.38. The van der Waals surface area contributed by atoms with Crippen LogP contribution in [0.2, 0.25) is 19.6 Å². The van der Waals surface area contributed by atoms with Gasteiger partial charge in [0, 0.05) is 17.0 Å². The lowest BCUT2D eigenvalue weighted by Gasteiger charge is -2.27. The van der Waals surface area contributed by atoms with Crippen molar-refractivity contribution in [3.63, 3.8) is 0 Å². The number of aromatic amines is 1. The molecule has 2 unspecified atom stereocenters. The average Bonchev–Trinajstić information content (AvgIpc) is 3.37. The fourth-order valence-corrected chi connectivity index (χ4v) is 4.40. The van der Waals surface area contributed by atoms with E-state index in [-0.39, 0.29) is 12.1 Å². The van der Waals surface area contributed by atoms with Crippen molar-refractivity contribution in [1.82, 2.24) is 14.9 Å². The van der Waals surface area contributed by atoms with Gasteiger partial charge in [-0.05, 0) is 56.7 Å². The Hall–Kier alpha value is -3.04. The van der Waals surface area contributed by atoms with Crippen molar-refractivity contribution in [2.45, 2.75) is 65.0 Å². The number of aromatic nitrogens is 2. The Kier molecular flexibility index (Phi) is 5.88. The molecule has 1 N–H and O–H groups in total. The first-order valence-electron chi connectivity index (χ1n) is 11.5. The molecular formula is C27H33N3O2Si. The van der Waals surface area contributed by atoms with E-state index in [9.17, 15) is 4.79 Å². The number of benzene rings is 2. The Morgan fingerprint density at radius 2 is 2.06 bits per heavy atom. The molecule has 1 fully saturated rings. The third kappa shape index (κ3) is 5.48. The van der Waals surface area contributed by atoms with Crippen LogP contribution >= 0.6 is 0 Å². The summed E-state index contributed by atoms with van der Waals surface area (Å²) in [6, 6.07) is 10.5. The summed E-state index contributed by atoms with van der Waals surface area (Å²) >= 11 is 0. The van der Waals surface area contributed by atoms with E-state index in [1.165, 1.54) is 0 Å². The zero-order valence-electron chi connectivity index (χ0n) is 20.5. The Bertz CT molecular complexity index is 1280. The van der Waals surface area contributed by atoms with E-state index in [4.69, 9.17) is 9.72 Å². The van der Waals surface area contributed by atoms with E-state index in [1.54, 1.807) is 4.90 Å². The lowest BCUT2D eigenvalue weighted by atomic mass is 10.1. The average molecular weight is 460 g/mol. The molecule has 0 saturated heterocycles. The van der Waals surface area contributed by atoms with Gasteiger partial charge in [0.1, 0.15) is 19.5 Å². The SMILES string of the molecule is C=CC1CC1N(Cc1nc2c(ccc3cc(C#C[Si](C)(C)C)ccc32)[nH]1)C(=O)OC(C)(C)C. The number of amides is 1. The molecule has 4 rings (SSSR count). The van der Waals surface area contributed by atoms with Gasteiger partial charge in [-0.3, -0.25) is 4.90 Å². The maximum absolute atomic E-state index is 12.9. The van der Waals surface area contributed by atoms with Crippen LogP contribution in [0, 0.1) is 17.4 Å². The van der Waals surface area contributed by atoms with Crippen molar-refractivity contribution >= 4 is 36.0 Å². The largest absolute Gasteiger partial charge is 0.444 e. The van der Waals surface area contributed by atoms with Crippen molar-refractivity contribution in [1.29, 1.82) is 0 Å². The minimum absolute atomic E-state index is 0.106. The highest BCUT2D eigenvalue weighted by Gasteiger charge is 2.43. The van der Waals surface area contributed by atoms with Gasteiger partial charge in [0.2, 0.25) is 0 Å². The lowest BCUT2D eigenvalue weighted by molar-refractivity contribution is 0.0205. The van der Waals surface area contributed by atoms with E-state index in [2.05, 4.69) is 66.9 Å². The number of carbonyl (C=O) groups excluding carboxylic acids is 1. The summed E-state index contributed by atoms with van der Waals surface area (Å²) in [7, 11) is -1.43. The molecule has 0 aliphatic heterocycles. The van der Waals surface area contributed by atoms with Gasteiger partial charge in [0.25, 0.3) is 0 Å². The first-order chi connectivity index (χ1) is 15.4. The van der Waals surface area contributed by atoms with Crippen molar-refractivity contribution in [3.05, 3.63) is 54.4 Å². The monoisotopic (exact) mass is 459 g/mol. The molecule has 172 valence electrons. The molecule has 2 atom stereocenters. The van der Waals surface area contributed by atoms with Gasteiger partial charge in [-0.15, -0.1) is 12.1 Å². The Morgan fingerprint density at radius 3 is 2.70 bits per heavy atom. The van der Waals surface area contributed by atoms with Crippen LogP contribution < -0.4 is 0 Å². The number of imidazole rings is 1. The second-order valence-electron chi connectivity index (χ2n) is 10.9. The maximum Gasteiger partial charge on any atom is 0.410 e. The van der Waals surface area contributed by atoms with Crippen LogP contribution in [0.4, 0.5) is 4.79 Å². The van der Waals surface area contributed by atoms with Crippen molar-refractivity contribution in [2.24, 2.45) is 5.92 Å². The Labute approximate surface area is 197 Å². The first-order valence-corrected chi connectivity index (χ1v) is 15.0. The molecule has 3 aromatic rings. The van der Waals surface area contributed by atoms with Crippen LogP contribution in [0.5, 0.6) is 0 Å². The number of nitrogens with one attached hydrogen (secondary N) is 1. The predicted molar refractivity (Wildman–Crippen MR) is 138 cm³/mol. The second kappa shape index (κ2) is 8.38. The van der Waals surface area contributed by atoms with Gasteiger partial charge in [0.05, 0.1) is 17.6 Å². The number of rotatable bonds is 4. The predicted octanol–water partition coefficient (Wildman–Crippen LogP) is 6.26. The molecule has 1 aromatic heterocycles. The molecule has 0 spiro atoms. The number of H-pyrrole nitrogens is 1. The van der Waals surface area contributed by atoms with Gasteiger partial charge in [-0.25, -0.2) is 9.78 Å². The van der Waals surface area contributed by atoms with Crippen LogP contribution in [-0.2, 0) is 11.3 Å². The van der Waals surface area contributed by atoms with Crippen molar-refractivity contribution in [2.75, 3.05) is 0 Å². The molecule has 6 heteroatoms. The molecular weight excluding hydrogens is 426 g/mol. The van der Waals surface area contributed by atoms with Crippen LogP contribution in [0.15, 0.2) is 43.0 Å². The summed E-state index contributed by atoms with van der Waals surface area (Å²) in [4.78, 5) is 23.0. The van der Waals surface area contributed by atoms with Gasteiger partial charge >= 0.3 is 6.09 Å². The smallest absolute Gasteiger partial charge is 0.410 e. The van der Waals surface area contributed by atoms with E-state index in [0.717, 1.165) is 39.6 Å². The third-order valence-corrected chi connectivity index (χ3v) is 6.43. The zero-order chi connectivity index (χ0) is 24.0. The highest BCUT2D eigenvalue weighted by molar-refractivity contribution is 6.83. The molecule has 5 nitrogen and oxygen atoms in total. The number of ether oxygens (including phenoxy) is 1. The topological polar surface area (TPSA) is 58.2 Å². The fourth-order valence-electron chi connectivity index (χ4n) is 3.88. The highest BCUT2D eigenvalue weighted by Crippen LogP contribution is 2.38. The number of nitrogens with zero attached hydrogens (tertiary/aromatic N) is 2. The third-order valence-electron chi connectivity index (χ3n) is 5.55. The molecule has 1 heterocycles. The highest BCUT2D eigenvalue weighted by atomic mass is 28.3. The summed E-state index contributed by atoms with van der Waals surface area (Å²) in [5.74, 6) is 4.39. The second-order valence-corrected chi connectivity index (χ2v) is 15.6. The minimum Gasteiger partial charge on any atom is -0.444 e. The Morgan fingerprint density at radius 1 is 1.30 bits per heavy atom. The molecule has 1 aliphatic carbocycles. The molecule has 2 aromatic carbocycles. The van der Waals surface area contributed by atoms with Crippen LogP contribution in [-0.4, -0.2) is 40.7 Å². The molecule has 1 aliphatic rings. The van der Waals surface area contributed by atoms with Crippen molar-refractivity contribution < 1.29 is 9.53 Å². The van der Waals surface area contributed by atoms with Gasteiger partial charge < -0.3 is 9.72 Å². The van der Waals surface area contributed by atoms with Gasteiger partial charge in [-0.2, -0.15) is 0 Å². The molecule has 1 amide bonds. The molecule has 1 saturated carbocycles. The molecule has 0 radical (unpaired) electrons. The number of hydrogen-bond donors (Lipinski definition) is 1. The summed E-state index contributed by atoms with van der Waals surface area (Å²) in [6.45, 7) is 16.7. The van der Waals surface area contributed by atoms with E-state index >= 15 is 0 Å². The molecule has 33 heavy (non-hydrogen) atoms. The van der Waals surface area contributed by atoms with Crippen LogP contribution in [0.25, 0.3) is 21.8 Å². The normalized spacial score (nSPS) is 18.0. The van der Waals surface area contributed by atoms with Crippen LogP contribution in [0.1, 0.15) is 38.6 Å². The molecule has 0 bridgehead atoms. The van der Waals surface area contributed by atoms with Crippen LogP contribution in [0.3, 0.4) is 0 Å². The maximum atomic E-state index is 12.9. The van der Waals surface area contributed by atoms with E-state index < -0.39 is 13.7 Å². The van der Waals surface area contributed by atoms with E-state index in [0.29, 0.717) is 12.5 Å². The van der Waals surface area contributed by atoms with E-state index in [1.807, 2.05) is 32.9 Å². The summed E-state index contributed by atoms with van der Waals surface area (Å²) in [5.41, 5.74) is 5.78. The number of carbonyl (C=O) groups is 1. The van der Waals surface area contributed by atoms with Gasteiger partial charge in [0.15, 0.2) is 0 Å². The zero-order valence-corrected chi connectivity index (χ0v) is 21.5. The minimum atomic E-state index is -1.43. The number of fused-ring (bicyclic) bond motifs is 3.